The Morgan fingerprint density at radius 2 is 1.82 bits per heavy atom. The van der Waals surface area contributed by atoms with Crippen LogP contribution in [0.2, 0.25) is 0 Å². The van der Waals surface area contributed by atoms with Crippen LogP contribution in [-0.2, 0) is 0 Å². The van der Waals surface area contributed by atoms with Crippen molar-refractivity contribution in [3.8, 4) is 11.4 Å². The quantitative estimate of drug-likeness (QED) is 0.707. The fourth-order valence-electron chi connectivity index (χ4n) is 1.91. The topological polar surface area (TPSA) is 64.9 Å². The molecule has 0 aliphatic rings. The predicted molar refractivity (Wildman–Crippen MR) is 79.5 cm³/mol. The summed E-state index contributed by atoms with van der Waals surface area (Å²) in [5, 5.41) is 14.2. The van der Waals surface area contributed by atoms with Crippen molar-refractivity contribution < 1.29 is 9.13 Å². The lowest BCUT2D eigenvalue weighted by Crippen LogP contribution is -2.11. The summed E-state index contributed by atoms with van der Waals surface area (Å²) in [5.74, 6) is 0.380. The van der Waals surface area contributed by atoms with Crippen LogP contribution in [0.3, 0.4) is 0 Å². The zero-order valence-electron chi connectivity index (χ0n) is 11.7. The SMILES string of the molecule is Fc1ccc(OCCNc2ccc(-n3cnnn3)cc2)cc1. The Kier molecular flexibility index (Phi) is 4.24. The van der Waals surface area contributed by atoms with Crippen LogP contribution in [-0.4, -0.2) is 33.4 Å². The number of nitrogens with one attached hydrogen (secondary N) is 1. The highest BCUT2D eigenvalue weighted by Gasteiger charge is 1.98. The Hall–Kier alpha value is -2.96. The summed E-state index contributed by atoms with van der Waals surface area (Å²) in [7, 11) is 0. The van der Waals surface area contributed by atoms with Crippen LogP contribution in [0.5, 0.6) is 5.75 Å². The molecule has 3 aromatic rings. The van der Waals surface area contributed by atoms with Gasteiger partial charge in [-0.05, 0) is 59.0 Å². The number of benzene rings is 2. The molecule has 2 aromatic carbocycles. The van der Waals surface area contributed by atoms with Crippen molar-refractivity contribution in [3.05, 3.63) is 60.7 Å². The molecule has 0 bridgehead atoms. The fraction of sp³-hybridized carbons (Fsp3) is 0.133. The second kappa shape index (κ2) is 6.66. The molecule has 0 spiro atoms. The Balaban J connectivity index is 1.46. The van der Waals surface area contributed by atoms with E-state index in [9.17, 15) is 4.39 Å². The van der Waals surface area contributed by atoms with Gasteiger partial charge in [0.2, 0.25) is 0 Å². The van der Waals surface area contributed by atoms with Gasteiger partial charge in [0.05, 0.1) is 5.69 Å². The van der Waals surface area contributed by atoms with Crippen molar-refractivity contribution in [1.29, 1.82) is 0 Å². The minimum Gasteiger partial charge on any atom is -0.492 e. The second-order valence-corrected chi connectivity index (χ2v) is 4.53. The standard InChI is InChI=1S/C15H14FN5O/c16-12-1-7-15(8-2-12)22-10-9-17-13-3-5-14(6-4-13)21-11-18-19-20-21/h1-8,11,17H,9-10H2. The minimum atomic E-state index is -0.270. The summed E-state index contributed by atoms with van der Waals surface area (Å²) in [6.45, 7) is 1.13. The van der Waals surface area contributed by atoms with E-state index in [2.05, 4.69) is 20.8 Å². The molecule has 0 saturated heterocycles. The molecule has 0 fully saturated rings. The summed E-state index contributed by atoms with van der Waals surface area (Å²) in [6, 6.07) is 13.7. The summed E-state index contributed by atoms with van der Waals surface area (Å²) < 4.78 is 19.8. The van der Waals surface area contributed by atoms with Gasteiger partial charge in [-0.2, -0.15) is 0 Å². The zero-order chi connectivity index (χ0) is 15.2. The molecule has 1 N–H and O–H groups in total. The van der Waals surface area contributed by atoms with Crippen LogP contribution < -0.4 is 10.1 Å². The Morgan fingerprint density at radius 3 is 2.50 bits per heavy atom. The van der Waals surface area contributed by atoms with E-state index >= 15 is 0 Å². The highest BCUT2D eigenvalue weighted by molar-refractivity contribution is 5.48. The molecule has 0 aliphatic carbocycles. The molecule has 0 radical (unpaired) electrons. The first kappa shape index (κ1) is 14.0. The van der Waals surface area contributed by atoms with Crippen LogP contribution >= 0.6 is 0 Å². The third-order valence-electron chi connectivity index (χ3n) is 2.99. The molecule has 6 nitrogen and oxygen atoms in total. The molecule has 0 atom stereocenters. The second-order valence-electron chi connectivity index (χ2n) is 4.53. The molecule has 0 unspecified atom stereocenters. The van der Waals surface area contributed by atoms with Crippen LogP contribution in [0.15, 0.2) is 54.9 Å². The maximum atomic E-state index is 12.7. The summed E-state index contributed by atoms with van der Waals surface area (Å²) >= 11 is 0. The molecule has 0 aliphatic heterocycles. The van der Waals surface area contributed by atoms with Gasteiger partial charge in [-0.15, -0.1) is 5.10 Å². The van der Waals surface area contributed by atoms with E-state index in [1.165, 1.54) is 12.1 Å². The molecule has 0 amide bonds. The zero-order valence-corrected chi connectivity index (χ0v) is 11.7. The van der Waals surface area contributed by atoms with E-state index < -0.39 is 0 Å². The summed E-state index contributed by atoms with van der Waals surface area (Å²) in [6.07, 6.45) is 1.54. The minimum absolute atomic E-state index is 0.270. The van der Waals surface area contributed by atoms with E-state index in [0.29, 0.717) is 18.9 Å². The van der Waals surface area contributed by atoms with E-state index in [1.807, 2.05) is 24.3 Å². The number of rotatable bonds is 6. The number of halogens is 1. The van der Waals surface area contributed by atoms with Gasteiger partial charge in [-0.1, -0.05) is 0 Å². The first-order valence-electron chi connectivity index (χ1n) is 6.77. The Morgan fingerprint density at radius 1 is 1.05 bits per heavy atom. The third kappa shape index (κ3) is 3.57. The molecule has 1 aromatic heterocycles. The lowest BCUT2D eigenvalue weighted by Gasteiger charge is -2.09. The van der Waals surface area contributed by atoms with Crippen molar-refractivity contribution in [1.82, 2.24) is 20.2 Å². The highest BCUT2D eigenvalue weighted by Crippen LogP contribution is 2.13. The van der Waals surface area contributed by atoms with Gasteiger partial charge in [0, 0.05) is 12.2 Å². The van der Waals surface area contributed by atoms with Crippen molar-refractivity contribution in [2.24, 2.45) is 0 Å². The third-order valence-corrected chi connectivity index (χ3v) is 2.99. The van der Waals surface area contributed by atoms with Crippen LogP contribution in [0.1, 0.15) is 0 Å². The van der Waals surface area contributed by atoms with E-state index in [4.69, 9.17) is 4.74 Å². The molecular formula is C15H14FN5O. The monoisotopic (exact) mass is 299 g/mol. The molecule has 7 heteroatoms. The van der Waals surface area contributed by atoms with Gasteiger partial charge in [0.15, 0.2) is 0 Å². The first-order valence-corrected chi connectivity index (χ1v) is 6.77. The van der Waals surface area contributed by atoms with Crippen LogP contribution in [0.25, 0.3) is 5.69 Å². The van der Waals surface area contributed by atoms with Gasteiger partial charge < -0.3 is 10.1 Å². The maximum Gasteiger partial charge on any atom is 0.143 e. The van der Waals surface area contributed by atoms with Gasteiger partial charge in [0.25, 0.3) is 0 Å². The molecule has 112 valence electrons. The lowest BCUT2D eigenvalue weighted by molar-refractivity contribution is 0.332. The number of aromatic nitrogens is 4. The number of tetrazole rings is 1. The summed E-state index contributed by atoms with van der Waals surface area (Å²) in [5.41, 5.74) is 1.86. The highest BCUT2D eigenvalue weighted by atomic mass is 19.1. The van der Waals surface area contributed by atoms with E-state index in [1.54, 1.807) is 23.1 Å². The largest absolute Gasteiger partial charge is 0.492 e. The first-order chi connectivity index (χ1) is 10.8. The van der Waals surface area contributed by atoms with Gasteiger partial charge >= 0.3 is 0 Å². The van der Waals surface area contributed by atoms with Crippen molar-refractivity contribution in [3.63, 3.8) is 0 Å². The number of ether oxygens (including phenoxy) is 1. The maximum absolute atomic E-state index is 12.7. The molecule has 22 heavy (non-hydrogen) atoms. The average molecular weight is 299 g/mol. The summed E-state index contributed by atoms with van der Waals surface area (Å²) in [4.78, 5) is 0. The van der Waals surface area contributed by atoms with Gasteiger partial charge in [0.1, 0.15) is 24.5 Å². The van der Waals surface area contributed by atoms with Gasteiger partial charge in [-0.3, -0.25) is 0 Å². The smallest absolute Gasteiger partial charge is 0.143 e. The lowest BCUT2D eigenvalue weighted by atomic mass is 10.3. The Bertz CT molecular complexity index is 698. The fourth-order valence-corrected chi connectivity index (χ4v) is 1.91. The number of anilines is 1. The number of hydrogen-bond acceptors (Lipinski definition) is 5. The van der Waals surface area contributed by atoms with E-state index in [-0.39, 0.29) is 5.82 Å². The van der Waals surface area contributed by atoms with Crippen LogP contribution in [0.4, 0.5) is 10.1 Å². The normalized spacial score (nSPS) is 10.4. The Labute approximate surface area is 126 Å². The van der Waals surface area contributed by atoms with Crippen molar-refractivity contribution in [2.45, 2.75) is 0 Å². The molecular weight excluding hydrogens is 285 g/mol. The predicted octanol–water partition coefficient (Wildman–Crippen LogP) is 2.29. The number of nitrogens with zero attached hydrogens (tertiary/aromatic N) is 4. The van der Waals surface area contributed by atoms with E-state index in [0.717, 1.165) is 11.4 Å². The van der Waals surface area contributed by atoms with Crippen LogP contribution in [0, 0.1) is 5.82 Å². The molecule has 1 heterocycles. The van der Waals surface area contributed by atoms with Crippen molar-refractivity contribution in [2.75, 3.05) is 18.5 Å². The molecule has 0 saturated carbocycles. The van der Waals surface area contributed by atoms with Crippen molar-refractivity contribution >= 4 is 5.69 Å². The molecule has 3 rings (SSSR count). The van der Waals surface area contributed by atoms with Gasteiger partial charge in [-0.25, -0.2) is 9.07 Å². The number of hydrogen-bond donors (Lipinski definition) is 1. The average Bonchev–Trinajstić information content (AvgIpc) is 3.08.